The first kappa shape index (κ1) is 9.15. The van der Waals surface area contributed by atoms with Crippen molar-refractivity contribution in [2.75, 3.05) is 5.73 Å². The van der Waals surface area contributed by atoms with Crippen molar-refractivity contribution in [2.45, 2.75) is 12.8 Å². The second-order valence-electron chi connectivity index (χ2n) is 2.88. The molecule has 0 bridgehead atoms. The Morgan fingerprint density at radius 2 is 2.29 bits per heavy atom. The summed E-state index contributed by atoms with van der Waals surface area (Å²) in [4.78, 5) is 0. The van der Waals surface area contributed by atoms with Crippen LogP contribution in [-0.2, 0) is 12.8 Å². The van der Waals surface area contributed by atoms with Gasteiger partial charge in [0.1, 0.15) is 10.8 Å². The monoisotopic (exact) mass is 212 g/mol. The molecule has 4 nitrogen and oxygen atoms in total. The Morgan fingerprint density at radius 1 is 1.43 bits per heavy atom. The predicted molar refractivity (Wildman–Crippen MR) is 52.0 cm³/mol. The summed E-state index contributed by atoms with van der Waals surface area (Å²) in [6.45, 7) is 0. The first-order valence-electron chi connectivity index (χ1n) is 4.19. The minimum atomic E-state index is 0.237. The molecule has 2 aromatic rings. The molecule has 14 heavy (non-hydrogen) atoms. The van der Waals surface area contributed by atoms with Crippen LogP contribution in [0.5, 0.6) is 0 Å². The van der Waals surface area contributed by atoms with Gasteiger partial charge in [0.05, 0.1) is 6.26 Å². The summed E-state index contributed by atoms with van der Waals surface area (Å²) in [6, 6.07) is 3.74. The molecule has 0 fully saturated rings. The zero-order valence-corrected chi connectivity index (χ0v) is 8.12. The van der Waals surface area contributed by atoms with Gasteiger partial charge in [-0.3, -0.25) is 0 Å². The zero-order chi connectivity index (χ0) is 9.97. The highest BCUT2D eigenvalue weighted by Crippen LogP contribution is 2.23. The van der Waals surface area contributed by atoms with Crippen LogP contribution in [-0.4, -0.2) is 5.16 Å². The second kappa shape index (κ2) is 3.75. The Labute approximate surface area is 85.6 Å². The van der Waals surface area contributed by atoms with Crippen LogP contribution >= 0.6 is 11.6 Å². The molecule has 2 rings (SSSR count). The van der Waals surface area contributed by atoms with Crippen LogP contribution < -0.4 is 5.73 Å². The molecule has 5 heteroatoms. The maximum Gasteiger partial charge on any atom is 0.185 e. The number of aryl methyl sites for hydroxylation is 2. The van der Waals surface area contributed by atoms with E-state index in [9.17, 15) is 0 Å². The number of furan rings is 1. The molecule has 0 saturated heterocycles. The maximum atomic E-state index is 5.84. The van der Waals surface area contributed by atoms with E-state index in [-0.39, 0.29) is 5.82 Å². The lowest BCUT2D eigenvalue weighted by atomic mass is 10.2. The molecule has 0 atom stereocenters. The third-order valence-electron chi connectivity index (χ3n) is 1.90. The average molecular weight is 213 g/mol. The summed E-state index contributed by atoms with van der Waals surface area (Å²) >= 11 is 5.84. The summed E-state index contributed by atoms with van der Waals surface area (Å²) in [7, 11) is 0. The SMILES string of the molecule is Nc1noc(CCc2ccco2)c1Cl. The Balaban J connectivity index is 2.02. The van der Waals surface area contributed by atoms with Crippen LogP contribution in [0, 0.1) is 0 Å². The van der Waals surface area contributed by atoms with Crippen LogP contribution in [0.4, 0.5) is 5.82 Å². The Hall–Kier alpha value is -1.42. The molecule has 0 aromatic carbocycles. The summed E-state index contributed by atoms with van der Waals surface area (Å²) in [5.41, 5.74) is 5.43. The molecule has 2 aromatic heterocycles. The molecule has 0 spiro atoms. The van der Waals surface area contributed by atoms with Crippen molar-refractivity contribution < 1.29 is 8.94 Å². The van der Waals surface area contributed by atoms with Gasteiger partial charge in [0.2, 0.25) is 0 Å². The molecule has 2 heterocycles. The Bertz CT molecular complexity index is 408. The Morgan fingerprint density at radius 3 is 2.86 bits per heavy atom. The topological polar surface area (TPSA) is 65.2 Å². The molecule has 0 aliphatic rings. The van der Waals surface area contributed by atoms with Crippen LogP contribution in [0.3, 0.4) is 0 Å². The summed E-state index contributed by atoms with van der Waals surface area (Å²) in [5, 5.41) is 3.96. The van der Waals surface area contributed by atoms with Gasteiger partial charge < -0.3 is 14.7 Å². The van der Waals surface area contributed by atoms with Gasteiger partial charge in [-0.05, 0) is 12.1 Å². The zero-order valence-electron chi connectivity index (χ0n) is 7.37. The van der Waals surface area contributed by atoms with Gasteiger partial charge in [-0.2, -0.15) is 0 Å². The summed E-state index contributed by atoms with van der Waals surface area (Å²) < 4.78 is 10.1. The fraction of sp³-hybridized carbons (Fsp3) is 0.222. The van der Waals surface area contributed by atoms with Crippen LogP contribution in [0.1, 0.15) is 11.5 Å². The van der Waals surface area contributed by atoms with E-state index in [4.69, 9.17) is 26.3 Å². The summed E-state index contributed by atoms with van der Waals surface area (Å²) in [6.07, 6.45) is 2.99. The van der Waals surface area contributed by atoms with Crippen molar-refractivity contribution in [3.63, 3.8) is 0 Å². The van der Waals surface area contributed by atoms with E-state index in [2.05, 4.69) is 5.16 Å². The molecule has 0 unspecified atom stereocenters. The lowest BCUT2D eigenvalue weighted by Gasteiger charge is -1.93. The fourth-order valence-corrected chi connectivity index (χ4v) is 1.34. The number of nitrogens with zero attached hydrogens (tertiary/aromatic N) is 1. The molecule has 2 N–H and O–H groups in total. The van der Waals surface area contributed by atoms with E-state index < -0.39 is 0 Å². The number of nitrogen functional groups attached to an aromatic ring is 1. The third kappa shape index (κ3) is 1.75. The van der Waals surface area contributed by atoms with E-state index in [1.807, 2.05) is 12.1 Å². The van der Waals surface area contributed by atoms with E-state index in [1.54, 1.807) is 6.26 Å². The number of anilines is 1. The maximum absolute atomic E-state index is 5.84. The lowest BCUT2D eigenvalue weighted by molar-refractivity contribution is 0.381. The van der Waals surface area contributed by atoms with Gasteiger partial charge in [-0.15, -0.1) is 0 Å². The molecule has 74 valence electrons. The van der Waals surface area contributed by atoms with Gasteiger partial charge in [-0.25, -0.2) is 0 Å². The van der Waals surface area contributed by atoms with Crippen LogP contribution in [0.2, 0.25) is 5.02 Å². The lowest BCUT2D eigenvalue weighted by Crippen LogP contribution is -1.89. The van der Waals surface area contributed by atoms with Gasteiger partial charge >= 0.3 is 0 Å². The second-order valence-corrected chi connectivity index (χ2v) is 3.26. The quantitative estimate of drug-likeness (QED) is 0.848. The Kier molecular flexibility index (Phi) is 2.45. The van der Waals surface area contributed by atoms with Crippen molar-refractivity contribution in [3.8, 4) is 0 Å². The molecule has 0 radical (unpaired) electrons. The highest BCUT2D eigenvalue weighted by molar-refractivity contribution is 6.33. The summed E-state index contributed by atoms with van der Waals surface area (Å²) in [5.74, 6) is 1.72. The van der Waals surface area contributed by atoms with E-state index in [0.717, 1.165) is 12.2 Å². The highest BCUT2D eigenvalue weighted by Gasteiger charge is 2.11. The first-order chi connectivity index (χ1) is 6.77. The number of aromatic nitrogens is 1. The minimum absolute atomic E-state index is 0.237. The third-order valence-corrected chi connectivity index (χ3v) is 2.31. The number of halogens is 1. The highest BCUT2D eigenvalue weighted by atomic mass is 35.5. The first-order valence-corrected chi connectivity index (χ1v) is 4.57. The predicted octanol–water partition coefficient (Wildman–Crippen LogP) is 2.29. The normalized spacial score (nSPS) is 10.6. The molecule has 0 aliphatic carbocycles. The van der Waals surface area contributed by atoms with Crippen LogP contribution in [0.25, 0.3) is 0 Å². The van der Waals surface area contributed by atoms with Crippen molar-refractivity contribution in [1.82, 2.24) is 5.16 Å². The van der Waals surface area contributed by atoms with Gasteiger partial charge in [-0.1, -0.05) is 16.8 Å². The van der Waals surface area contributed by atoms with Crippen molar-refractivity contribution in [1.29, 1.82) is 0 Å². The number of hydrogen-bond donors (Lipinski definition) is 1. The van der Waals surface area contributed by atoms with Crippen molar-refractivity contribution in [2.24, 2.45) is 0 Å². The number of nitrogens with two attached hydrogens (primary N) is 1. The van der Waals surface area contributed by atoms with Gasteiger partial charge in [0.25, 0.3) is 0 Å². The molecule has 0 amide bonds. The van der Waals surface area contributed by atoms with Crippen molar-refractivity contribution >= 4 is 17.4 Å². The number of rotatable bonds is 3. The smallest absolute Gasteiger partial charge is 0.185 e. The van der Waals surface area contributed by atoms with E-state index in [1.165, 1.54) is 0 Å². The van der Waals surface area contributed by atoms with E-state index >= 15 is 0 Å². The minimum Gasteiger partial charge on any atom is -0.469 e. The molecule has 0 aliphatic heterocycles. The van der Waals surface area contributed by atoms with Crippen LogP contribution in [0.15, 0.2) is 27.3 Å². The van der Waals surface area contributed by atoms with Crippen molar-refractivity contribution in [3.05, 3.63) is 34.9 Å². The standard InChI is InChI=1S/C9H9ClN2O2/c10-8-7(14-12-9(8)11)4-3-6-2-1-5-13-6/h1-2,5H,3-4H2,(H2,11,12). The molecular weight excluding hydrogens is 204 g/mol. The van der Waals surface area contributed by atoms with Gasteiger partial charge in [0, 0.05) is 12.8 Å². The molecule has 0 saturated carbocycles. The average Bonchev–Trinajstić information content (AvgIpc) is 2.77. The largest absolute Gasteiger partial charge is 0.469 e. The van der Waals surface area contributed by atoms with Gasteiger partial charge in [0.15, 0.2) is 11.6 Å². The molecular formula is C9H9ClN2O2. The van der Waals surface area contributed by atoms with E-state index in [0.29, 0.717) is 17.2 Å². The fourth-order valence-electron chi connectivity index (χ4n) is 1.17. The number of hydrogen-bond acceptors (Lipinski definition) is 4.